The van der Waals surface area contributed by atoms with Crippen LogP contribution in [0.25, 0.3) is 0 Å². The van der Waals surface area contributed by atoms with Crippen LogP contribution in [0.4, 0.5) is 0 Å². The van der Waals surface area contributed by atoms with Crippen molar-refractivity contribution in [1.82, 2.24) is 0 Å². The Morgan fingerprint density at radius 2 is 1.75 bits per heavy atom. The second-order valence-electron chi connectivity index (χ2n) is 4.56. The van der Waals surface area contributed by atoms with E-state index in [1.165, 1.54) is 57.8 Å². The molecule has 1 atom stereocenters. The first-order valence-corrected chi connectivity index (χ1v) is 8.05. The van der Waals surface area contributed by atoms with E-state index in [4.69, 9.17) is 17.0 Å². The van der Waals surface area contributed by atoms with E-state index in [0.29, 0.717) is 6.10 Å². The van der Waals surface area contributed by atoms with E-state index < -0.39 is 0 Å². The van der Waals surface area contributed by atoms with Crippen molar-refractivity contribution in [3.63, 3.8) is 0 Å². The second-order valence-corrected chi connectivity index (χ2v) is 6.19. The number of unbranched alkanes of at least 4 members (excludes halogenated alkanes) is 7. The van der Waals surface area contributed by atoms with Gasteiger partial charge >= 0.3 is 0 Å². The van der Waals surface area contributed by atoms with Crippen LogP contribution in [0.2, 0.25) is 0 Å². The quantitative estimate of drug-likeness (QED) is 0.429. The maximum atomic E-state index is 5.52. The van der Waals surface area contributed by atoms with Crippen LogP contribution in [-0.4, -0.2) is 16.2 Å². The lowest BCUT2D eigenvalue weighted by atomic mass is 10.1. The third-order valence-electron chi connectivity index (χ3n) is 3.03. The fourth-order valence-electron chi connectivity index (χ4n) is 2.01. The summed E-state index contributed by atoms with van der Waals surface area (Å²) in [5, 5.41) is 0. The van der Waals surface area contributed by atoms with Gasteiger partial charge < -0.3 is 4.74 Å². The molecule has 0 amide bonds. The molecule has 3 heteroatoms. The highest BCUT2D eigenvalue weighted by Crippen LogP contribution is 2.23. The van der Waals surface area contributed by atoms with Crippen LogP contribution in [0.5, 0.6) is 0 Å². The third-order valence-corrected chi connectivity index (χ3v) is 4.35. The van der Waals surface area contributed by atoms with Gasteiger partial charge in [0.2, 0.25) is 4.38 Å². The maximum absolute atomic E-state index is 5.52. The highest BCUT2D eigenvalue weighted by atomic mass is 32.2. The molecule has 0 bridgehead atoms. The van der Waals surface area contributed by atoms with Gasteiger partial charge in [0.25, 0.3) is 0 Å². The van der Waals surface area contributed by atoms with Crippen molar-refractivity contribution in [3.05, 3.63) is 0 Å². The molecule has 1 fully saturated rings. The van der Waals surface area contributed by atoms with Gasteiger partial charge in [-0.2, -0.15) is 0 Å². The van der Waals surface area contributed by atoms with E-state index in [1.807, 2.05) is 0 Å². The molecule has 0 saturated carbocycles. The molecule has 1 heterocycles. The number of hydrogen-bond donors (Lipinski definition) is 0. The number of thioether (sulfide) groups is 1. The lowest BCUT2D eigenvalue weighted by Gasteiger charge is -2.08. The first kappa shape index (κ1) is 14.3. The minimum Gasteiger partial charge on any atom is -0.474 e. The molecular weight excluding hydrogens is 236 g/mol. The maximum Gasteiger partial charge on any atom is 0.220 e. The highest BCUT2D eigenvalue weighted by molar-refractivity contribution is 8.22. The molecule has 0 radical (unpaired) electrons. The van der Waals surface area contributed by atoms with Gasteiger partial charge in [-0.25, -0.2) is 0 Å². The van der Waals surface area contributed by atoms with Crippen LogP contribution >= 0.6 is 24.0 Å². The van der Waals surface area contributed by atoms with Gasteiger partial charge in [0.1, 0.15) is 6.10 Å². The summed E-state index contributed by atoms with van der Waals surface area (Å²) in [7, 11) is 0. The fraction of sp³-hybridized carbons (Fsp3) is 0.923. The molecule has 1 aliphatic heterocycles. The average Bonchev–Trinajstić information content (AvgIpc) is 2.68. The third kappa shape index (κ3) is 6.74. The van der Waals surface area contributed by atoms with Crippen LogP contribution < -0.4 is 0 Å². The van der Waals surface area contributed by atoms with E-state index in [0.717, 1.165) is 10.1 Å². The fourth-order valence-corrected chi connectivity index (χ4v) is 3.11. The zero-order chi connectivity index (χ0) is 11.6. The Morgan fingerprint density at radius 3 is 2.31 bits per heavy atom. The van der Waals surface area contributed by atoms with Crippen molar-refractivity contribution in [2.45, 2.75) is 70.8 Å². The number of ether oxygens (including phenoxy) is 1. The van der Waals surface area contributed by atoms with E-state index in [1.54, 1.807) is 11.8 Å². The van der Waals surface area contributed by atoms with Crippen LogP contribution in [0.1, 0.15) is 64.7 Å². The molecule has 1 saturated heterocycles. The molecule has 1 rings (SSSR count). The van der Waals surface area contributed by atoms with Gasteiger partial charge in [-0.1, -0.05) is 63.6 Å². The lowest BCUT2D eigenvalue weighted by Crippen LogP contribution is -2.08. The summed E-state index contributed by atoms with van der Waals surface area (Å²) in [6, 6.07) is 0. The molecule has 1 nitrogen and oxygen atoms in total. The Labute approximate surface area is 110 Å². The second kappa shape index (κ2) is 9.29. The predicted molar refractivity (Wildman–Crippen MR) is 77.2 cm³/mol. The van der Waals surface area contributed by atoms with E-state index in [9.17, 15) is 0 Å². The summed E-state index contributed by atoms with van der Waals surface area (Å²) in [5.41, 5.74) is 0. The Bertz CT molecular complexity index is 194. The van der Waals surface area contributed by atoms with Gasteiger partial charge in [0.15, 0.2) is 0 Å². The summed E-state index contributed by atoms with van der Waals surface area (Å²) >= 11 is 6.69. The minimum atomic E-state index is 0.414. The molecule has 1 aliphatic rings. The zero-order valence-electron chi connectivity index (χ0n) is 10.4. The number of hydrogen-bond acceptors (Lipinski definition) is 3. The average molecular weight is 260 g/mol. The number of thiocarbonyl (C=S) groups is 1. The summed E-state index contributed by atoms with van der Waals surface area (Å²) in [4.78, 5) is 0. The van der Waals surface area contributed by atoms with E-state index >= 15 is 0 Å². The highest BCUT2D eigenvalue weighted by Gasteiger charge is 2.20. The van der Waals surface area contributed by atoms with Gasteiger partial charge in [-0.3, -0.25) is 0 Å². The van der Waals surface area contributed by atoms with Crippen molar-refractivity contribution >= 4 is 28.4 Å². The molecule has 0 aromatic rings. The summed E-state index contributed by atoms with van der Waals surface area (Å²) < 4.78 is 6.27. The largest absolute Gasteiger partial charge is 0.474 e. The molecule has 0 N–H and O–H groups in total. The van der Waals surface area contributed by atoms with Crippen LogP contribution in [0.3, 0.4) is 0 Å². The predicted octanol–water partition coefficient (Wildman–Crippen LogP) is 4.93. The standard InChI is InChI=1S/C13H24OS2/c1-2-3-4-5-6-7-8-9-10-12-11-16-13(15)14-12/h12H,2-11H2,1H3. The Hall–Kier alpha value is 0.240. The monoisotopic (exact) mass is 260 g/mol. The molecular formula is C13H24OS2. The van der Waals surface area contributed by atoms with Gasteiger partial charge in [0.05, 0.1) is 0 Å². The van der Waals surface area contributed by atoms with Crippen LogP contribution in [0, 0.1) is 0 Å². The molecule has 16 heavy (non-hydrogen) atoms. The first-order valence-electron chi connectivity index (χ1n) is 6.66. The van der Waals surface area contributed by atoms with Gasteiger partial charge in [0, 0.05) is 5.75 Å². The van der Waals surface area contributed by atoms with Crippen molar-refractivity contribution in [3.8, 4) is 0 Å². The zero-order valence-corrected chi connectivity index (χ0v) is 12.0. The van der Waals surface area contributed by atoms with Crippen molar-refractivity contribution in [1.29, 1.82) is 0 Å². The molecule has 0 aromatic heterocycles. The van der Waals surface area contributed by atoms with E-state index in [2.05, 4.69) is 6.92 Å². The van der Waals surface area contributed by atoms with Crippen molar-refractivity contribution < 1.29 is 4.74 Å². The molecule has 1 unspecified atom stereocenters. The SMILES string of the molecule is CCCCCCCCCCC1CSC(=S)O1. The first-order chi connectivity index (χ1) is 7.83. The van der Waals surface area contributed by atoms with Crippen molar-refractivity contribution in [2.24, 2.45) is 0 Å². The smallest absolute Gasteiger partial charge is 0.220 e. The van der Waals surface area contributed by atoms with Crippen LogP contribution in [-0.2, 0) is 4.74 Å². The summed E-state index contributed by atoms with van der Waals surface area (Å²) in [6.45, 7) is 2.27. The Morgan fingerprint density at radius 1 is 1.12 bits per heavy atom. The minimum absolute atomic E-state index is 0.414. The summed E-state index contributed by atoms with van der Waals surface area (Å²) in [5.74, 6) is 1.08. The topological polar surface area (TPSA) is 9.23 Å². The number of rotatable bonds is 9. The van der Waals surface area contributed by atoms with Crippen molar-refractivity contribution in [2.75, 3.05) is 5.75 Å². The lowest BCUT2D eigenvalue weighted by molar-refractivity contribution is 0.219. The Kier molecular flexibility index (Phi) is 8.30. The Balaban J connectivity index is 1.79. The molecule has 94 valence electrons. The van der Waals surface area contributed by atoms with Gasteiger partial charge in [-0.05, 0) is 25.1 Å². The van der Waals surface area contributed by atoms with Gasteiger partial charge in [-0.15, -0.1) is 0 Å². The molecule has 0 aliphatic carbocycles. The summed E-state index contributed by atoms with van der Waals surface area (Å²) in [6.07, 6.45) is 12.7. The van der Waals surface area contributed by atoms with E-state index in [-0.39, 0.29) is 0 Å². The molecule has 0 aromatic carbocycles. The normalized spacial score (nSPS) is 20.1. The van der Waals surface area contributed by atoms with Crippen LogP contribution in [0.15, 0.2) is 0 Å². The molecule has 0 spiro atoms.